The fourth-order valence-corrected chi connectivity index (χ4v) is 5.66. The fraction of sp³-hybridized carbons (Fsp3) is 0.448. The van der Waals surface area contributed by atoms with E-state index >= 15 is 0 Å². The number of likely N-dealkylation sites (N-methyl/N-ethyl adjacent to an activating group) is 1. The number of rotatable bonds is 10. The highest BCUT2D eigenvalue weighted by Crippen LogP contribution is 2.31. The van der Waals surface area contributed by atoms with Crippen molar-refractivity contribution < 1.29 is 28.9 Å². The molecule has 0 radical (unpaired) electrons. The van der Waals surface area contributed by atoms with E-state index < -0.39 is 18.1 Å². The normalized spacial score (nSPS) is 20.2. The van der Waals surface area contributed by atoms with Gasteiger partial charge in [0.2, 0.25) is 0 Å². The highest BCUT2D eigenvalue weighted by atomic mass is 32.1. The van der Waals surface area contributed by atoms with Gasteiger partial charge in [0.25, 0.3) is 5.91 Å². The largest absolute Gasteiger partial charge is 0.496 e. The monoisotopic (exact) mass is 544 g/mol. The van der Waals surface area contributed by atoms with Crippen LogP contribution >= 0.6 is 11.3 Å². The van der Waals surface area contributed by atoms with Gasteiger partial charge in [-0.3, -0.25) is 4.79 Å². The number of amides is 1. The van der Waals surface area contributed by atoms with Crippen LogP contribution in [0.2, 0.25) is 0 Å². The molecule has 0 bridgehead atoms. The third-order valence-corrected chi connectivity index (χ3v) is 7.84. The van der Waals surface area contributed by atoms with Crippen LogP contribution in [0.4, 0.5) is 4.39 Å². The third kappa shape index (κ3) is 8.07. The number of hydrogen-bond acceptors (Lipinski definition) is 7. The van der Waals surface area contributed by atoms with Crippen LogP contribution in [0.15, 0.2) is 59.8 Å². The first-order chi connectivity index (χ1) is 18.4. The summed E-state index contributed by atoms with van der Waals surface area (Å²) in [4.78, 5) is 25.5. The van der Waals surface area contributed by atoms with Crippen molar-refractivity contribution in [2.24, 2.45) is 5.92 Å². The van der Waals surface area contributed by atoms with E-state index in [0.29, 0.717) is 13.0 Å². The van der Waals surface area contributed by atoms with Crippen molar-refractivity contribution in [1.29, 1.82) is 0 Å². The maximum Gasteiger partial charge on any atom is 0.254 e. The quantitative estimate of drug-likeness (QED) is 0.397. The van der Waals surface area contributed by atoms with E-state index in [4.69, 9.17) is 4.74 Å². The summed E-state index contributed by atoms with van der Waals surface area (Å²) in [5.74, 6) is 0.0473. The van der Waals surface area contributed by atoms with Gasteiger partial charge in [0.15, 0.2) is 12.4 Å². The minimum Gasteiger partial charge on any atom is -0.496 e. The van der Waals surface area contributed by atoms with Crippen LogP contribution in [0, 0.1) is 5.92 Å². The maximum absolute atomic E-state index is 13.0. The predicted molar refractivity (Wildman–Crippen MR) is 147 cm³/mol. The maximum atomic E-state index is 13.0. The van der Waals surface area contributed by atoms with E-state index in [-0.39, 0.29) is 24.1 Å². The molecular weight excluding hydrogens is 507 g/mol. The van der Waals surface area contributed by atoms with Crippen molar-refractivity contribution in [3.05, 3.63) is 75.8 Å². The smallest absolute Gasteiger partial charge is 0.254 e. The number of likely N-dealkylation sites (tertiary alicyclic amines) is 1. The molecule has 38 heavy (non-hydrogen) atoms. The second-order valence-corrected chi connectivity index (χ2v) is 10.4. The first kappa shape index (κ1) is 29.7. The van der Waals surface area contributed by atoms with Gasteiger partial charge in [0.1, 0.15) is 17.7 Å². The van der Waals surface area contributed by atoms with E-state index in [0.717, 1.165) is 38.0 Å². The number of nitrogens with zero attached hydrogens (tertiary/aromatic N) is 1. The van der Waals surface area contributed by atoms with Crippen LogP contribution in [0.1, 0.15) is 35.3 Å². The topological polar surface area (TPSA) is 99.1 Å². The van der Waals surface area contributed by atoms with E-state index in [2.05, 4.69) is 28.9 Å². The summed E-state index contributed by atoms with van der Waals surface area (Å²) < 4.78 is 18.3. The number of methoxy groups -OCH3 is 1. The molecule has 2 aromatic rings. The van der Waals surface area contributed by atoms with Gasteiger partial charge in [-0.25, -0.2) is 4.39 Å². The summed E-state index contributed by atoms with van der Waals surface area (Å²) in [5, 5.41) is 24.3. The Balaban J connectivity index is 0.000000212. The van der Waals surface area contributed by atoms with Crippen LogP contribution in [-0.4, -0.2) is 72.8 Å². The van der Waals surface area contributed by atoms with Gasteiger partial charge in [-0.15, -0.1) is 11.3 Å². The number of hydrogen-bond donors (Lipinski definition) is 3. The summed E-state index contributed by atoms with van der Waals surface area (Å²) in [6, 6.07) is 10.4. The van der Waals surface area contributed by atoms with Crippen LogP contribution in [-0.2, 0) is 22.4 Å². The van der Waals surface area contributed by atoms with Crippen molar-refractivity contribution in [1.82, 2.24) is 10.2 Å². The molecule has 3 N–H and O–H groups in total. The van der Waals surface area contributed by atoms with E-state index in [9.17, 15) is 24.2 Å². The highest BCUT2D eigenvalue weighted by Gasteiger charge is 2.38. The zero-order chi connectivity index (χ0) is 27.5. The SMILES string of the molecule is CNCCc1cc(Cc2ccccc2OC)cs1.O=CC(O)C(O)C(=O)N1CCCC1C1C=CC(F)=CC1. The number of aliphatic hydroxyl groups is 2. The van der Waals surface area contributed by atoms with Crippen LogP contribution in [0.3, 0.4) is 0 Å². The minimum absolute atomic E-state index is 0.00141. The molecule has 206 valence electrons. The van der Waals surface area contributed by atoms with Gasteiger partial charge in [0.05, 0.1) is 7.11 Å². The van der Waals surface area contributed by atoms with Crippen molar-refractivity contribution in [2.45, 2.75) is 50.4 Å². The molecule has 1 fully saturated rings. The average molecular weight is 545 g/mol. The number of aliphatic hydroxyl groups excluding tert-OH is 2. The van der Waals surface area contributed by atoms with Crippen molar-refractivity contribution >= 4 is 23.5 Å². The third-order valence-electron chi connectivity index (χ3n) is 6.80. The van der Waals surface area contributed by atoms with Crippen LogP contribution in [0.25, 0.3) is 0 Å². The Morgan fingerprint density at radius 2 is 2.13 bits per heavy atom. The lowest BCUT2D eigenvalue weighted by atomic mass is 9.90. The van der Waals surface area contributed by atoms with Gasteiger partial charge in [0, 0.05) is 29.8 Å². The van der Waals surface area contributed by atoms with E-state index in [1.54, 1.807) is 13.2 Å². The molecule has 4 rings (SSSR count). The Morgan fingerprint density at radius 3 is 2.82 bits per heavy atom. The number of carbonyl (C=O) groups is 2. The molecule has 2 heterocycles. The van der Waals surface area contributed by atoms with Crippen molar-refractivity contribution in [2.75, 3.05) is 27.2 Å². The molecule has 4 unspecified atom stereocenters. The van der Waals surface area contributed by atoms with Crippen LogP contribution < -0.4 is 10.1 Å². The molecule has 0 spiro atoms. The first-order valence-corrected chi connectivity index (χ1v) is 13.7. The number of carbonyl (C=O) groups excluding carboxylic acids is 2. The molecular formula is C29H37FN2O5S. The molecule has 2 aliphatic rings. The Labute approximate surface area is 227 Å². The fourth-order valence-electron chi connectivity index (χ4n) is 4.76. The first-order valence-electron chi connectivity index (χ1n) is 12.9. The van der Waals surface area contributed by atoms with Crippen LogP contribution in [0.5, 0.6) is 5.75 Å². The lowest BCUT2D eigenvalue weighted by Crippen LogP contribution is -2.49. The lowest BCUT2D eigenvalue weighted by Gasteiger charge is -2.32. The molecule has 1 aromatic carbocycles. The predicted octanol–water partition coefficient (Wildman–Crippen LogP) is 3.44. The molecule has 7 nitrogen and oxygen atoms in total. The summed E-state index contributed by atoms with van der Waals surface area (Å²) in [5.41, 5.74) is 2.62. The summed E-state index contributed by atoms with van der Waals surface area (Å²) >= 11 is 1.84. The zero-order valence-electron chi connectivity index (χ0n) is 21.9. The number of aldehydes is 1. The standard InChI is InChI=1S/C15H19NOS.C14H18FNO4/c1-16-8-7-14-10-12(11-18-14)9-13-5-3-4-6-15(13)17-2;15-10-5-3-9(4-6-10)11-2-1-7-16(11)14(20)13(19)12(18)8-17/h3-6,10-11,16H,7-9H2,1-2H3;3,5-6,8-9,11-13,18-19H,1-2,4,7H2. The number of benzene rings is 1. The van der Waals surface area contributed by atoms with Gasteiger partial charge < -0.3 is 30.0 Å². The summed E-state index contributed by atoms with van der Waals surface area (Å²) in [6.07, 6.45) is 5.40. The molecule has 4 atom stereocenters. The highest BCUT2D eigenvalue weighted by molar-refractivity contribution is 7.10. The number of halogens is 1. The summed E-state index contributed by atoms with van der Waals surface area (Å²) in [6.45, 7) is 1.51. The molecule has 0 saturated carbocycles. The Hall–Kier alpha value is -2.85. The lowest BCUT2D eigenvalue weighted by molar-refractivity contribution is -0.150. The second kappa shape index (κ2) is 14.9. The average Bonchev–Trinajstić information content (AvgIpc) is 3.61. The summed E-state index contributed by atoms with van der Waals surface area (Å²) in [7, 11) is 3.72. The van der Waals surface area contributed by atoms with Gasteiger partial charge in [-0.1, -0.05) is 24.3 Å². The number of allylic oxidation sites excluding steroid dienone is 3. The molecule has 1 saturated heterocycles. The molecule has 9 heteroatoms. The molecule has 1 aliphatic carbocycles. The van der Waals surface area contributed by atoms with Gasteiger partial charge in [-0.05, 0) is 80.1 Å². The molecule has 1 aliphatic heterocycles. The minimum atomic E-state index is -1.73. The number of thiophene rings is 1. The van der Waals surface area contributed by atoms with Gasteiger partial charge in [-0.2, -0.15) is 0 Å². The van der Waals surface area contributed by atoms with Crippen molar-refractivity contribution in [3.63, 3.8) is 0 Å². The second-order valence-electron chi connectivity index (χ2n) is 9.42. The van der Waals surface area contributed by atoms with E-state index in [1.807, 2.05) is 30.5 Å². The zero-order valence-corrected chi connectivity index (χ0v) is 22.7. The Bertz CT molecular complexity index is 1120. The Kier molecular flexibility index (Phi) is 11.7. The number of para-hydroxylation sites is 1. The van der Waals surface area contributed by atoms with E-state index in [1.165, 1.54) is 33.1 Å². The van der Waals surface area contributed by atoms with Crippen molar-refractivity contribution in [3.8, 4) is 5.75 Å². The number of ether oxygens (including phenoxy) is 1. The number of nitrogens with one attached hydrogen (secondary N) is 1. The molecule has 1 amide bonds. The van der Waals surface area contributed by atoms with Gasteiger partial charge >= 0.3 is 0 Å². The Morgan fingerprint density at radius 1 is 1.34 bits per heavy atom. The molecule has 1 aromatic heterocycles.